The number of carbonyl (C=O) groups excluding carboxylic acids is 2. The third-order valence-corrected chi connectivity index (χ3v) is 5.00. The van der Waals surface area contributed by atoms with Crippen molar-refractivity contribution in [2.45, 2.75) is 6.04 Å². The van der Waals surface area contributed by atoms with Gasteiger partial charge in [-0.1, -0.05) is 42.5 Å². The van der Waals surface area contributed by atoms with Crippen LogP contribution in [-0.4, -0.2) is 48.2 Å². The van der Waals surface area contributed by atoms with Crippen LogP contribution in [0.1, 0.15) is 22.2 Å². The largest absolute Gasteiger partial charge is 0.459 e. The molecule has 3 aromatic rings. The Morgan fingerprint density at radius 1 is 0.962 bits per heavy atom. The molecule has 0 N–H and O–H groups in total. The van der Waals surface area contributed by atoms with Crippen LogP contribution in [0.3, 0.4) is 0 Å². The van der Waals surface area contributed by atoms with Gasteiger partial charge in [-0.15, -0.1) is 0 Å². The summed E-state index contributed by atoms with van der Waals surface area (Å²) in [6.07, 6.45) is 2.51. The molecular weight excluding hydrogens is 328 g/mol. The molecule has 5 nitrogen and oxygen atoms in total. The Hall–Kier alpha value is -2.92. The molecule has 1 amide bonds. The highest BCUT2D eigenvalue weighted by atomic mass is 16.3. The molecule has 4 rings (SSSR count). The van der Waals surface area contributed by atoms with Crippen LogP contribution in [0.15, 0.2) is 65.3 Å². The van der Waals surface area contributed by atoms with Crippen LogP contribution in [0.4, 0.5) is 0 Å². The summed E-state index contributed by atoms with van der Waals surface area (Å²) in [5.41, 5.74) is 1.02. The van der Waals surface area contributed by atoms with Gasteiger partial charge < -0.3 is 14.1 Å². The van der Waals surface area contributed by atoms with Gasteiger partial charge in [-0.2, -0.15) is 0 Å². The zero-order chi connectivity index (χ0) is 17.9. The quantitative estimate of drug-likeness (QED) is 0.680. The van der Waals surface area contributed by atoms with E-state index >= 15 is 0 Å². The van der Waals surface area contributed by atoms with Gasteiger partial charge in [0.15, 0.2) is 5.76 Å². The first-order valence-corrected chi connectivity index (χ1v) is 8.78. The number of fused-ring (bicyclic) bond motifs is 1. The summed E-state index contributed by atoms with van der Waals surface area (Å²) in [7, 11) is 0. The van der Waals surface area contributed by atoms with Crippen LogP contribution in [-0.2, 0) is 4.79 Å². The molecule has 0 bridgehead atoms. The van der Waals surface area contributed by atoms with Crippen LogP contribution >= 0.6 is 0 Å². The highest BCUT2D eigenvalue weighted by molar-refractivity contribution is 5.91. The van der Waals surface area contributed by atoms with E-state index in [2.05, 4.69) is 23.1 Å². The standard InChI is InChI=1S/C21H20N2O3/c24-15-19(18-8-3-6-16-5-1-2-7-17(16)18)22-10-12-23(13-11-22)21(25)20-9-4-14-26-20/h1-9,14-15,19H,10-13H2. The van der Waals surface area contributed by atoms with E-state index in [9.17, 15) is 9.59 Å². The average molecular weight is 348 g/mol. The molecule has 1 unspecified atom stereocenters. The van der Waals surface area contributed by atoms with Gasteiger partial charge >= 0.3 is 0 Å². The second-order valence-corrected chi connectivity index (χ2v) is 6.45. The van der Waals surface area contributed by atoms with E-state index in [1.54, 1.807) is 17.0 Å². The normalized spacial score (nSPS) is 16.5. The number of hydrogen-bond acceptors (Lipinski definition) is 4. The monoisotopic (exact) mass is 348 g/mol. The first kappa shape index (κ1) is 16.5. The number of benzene rings is 2. The van der Waals surface area contributed by atoms with Crippen molar-refractivity contribution in [3.63, 3.8) is 0 Å². The van der Waals surface area contributed by atoms with Gasteiger partial charge in [-0.05, 0) is 28.5 Å². The number of nitrogens with zero attached hydrogens (tertiary/aromatic N) is 2. The smallest absolute Gasteiger partial charge is 0.289 e. The zero-order valence-corrected chi connectivity index (χ0v) is 14.4. The number of furan rings is 1. The number of aldehydes is 1. The van der Waals surface area contributed by atoms with Crippen molar-refractivity contribution in [1.82, 2.24) is 9.80 Å². The van der Waals surface area contributed by atoms with E-state index in [1.165, 1.54) is 6.26 Å². The van der Waals surface area contributed by atoms with Crippen LogP contribution in [0, 0.1) is 0 Å². The Balaban J connectivity index is 1.52. The molecule has 132 valence electrons. The first-order valence-electron chi connectivity index (χ1n) is 8.78. The highest BCUT2D eigenvalue weighted by Crippen LogP contribution is 2.28. The van der Waals surface area contributed by atoms with E-state index in [0.717, 1.165) is 22.6 Å². The molecule has 1 saturated heterocycles. The van der Waals surface area contributed by atoms with Crippen LogP contribution < -0.4 is 0 Å². The molecule has 1 aliphatic rings. The molecule has 0 aliphatic carbocycles. The highest BCUT2D eigenvalue weighted by Gasteiger charge is 2.28. The van der Waals surface area contributed by atoms with E-state index in [1.807, 2.05) is 24.3 Å². The van der Waals surface area contributed by atoms with Gasteiger partial charge in [0.2, 0.25) is 0 Å². The van der Waals surface area contributed by atoms with Gasteiger partial charge in [0.05, 0.1) is 12.3 Å². The summed E-state index contributed by atoms with van der Waals surface area (Å²) >= 11 is 0. The molecule has 2 aromatic carbocycles. The van der Waals surface area contributed by atoms with E-state index < -0.39 is 0 Å². The number of amides is 1. The Kier molecular flexibility index (Phi) is 4.54. The third kappa shape index (κ3) is 3.02. The van der Waals surface area contributed by atoms with Crippen molar-refractivity contribution in [3.8, 4) is 0 Å². The fourth-order valence-corrected chi connectivity index (χ4v) is 3.62. The lowest BCUT2D eigenvalue weighted by atomic mass is 9.98. The van der Waals surface area contributed by atoms with E-state index in [0.29, 0.717) is 31.9 Å². The molecule has 5 heteroatoms. The van der Waals surface area contributed by atoms with E-state index in [4.69, 9.17) is 4.42 Å². The van der Waals surface area contributed by atoms with Gasteiger partial charge in [-0.25, -0.2) is 0 Å². The maximum Gasteiger partial charge on any atom is 0.289 e. The molecule has 0 spiro atoms. The lowest BCUT2D eigenvalue weighted by Crippen LogP contribution is -2.50. The molecule has 0 radical (unpaired) electrons. The number of piperazine rings is 1. The number of carbonyl (C=O) groups is 2. The molecule has 0 saturated carbocycles. The number of hydrogen-bond donors (Lipinski definition) is 0. The summed E-state index contributed by atoms with van der Waals surface area (Å²) in [4.78, 5) is 28.2. The molecule has 1 aliphatic heterocycles. The van der Waals surface area contributed by atoms with Crippen molar-refractivity contribution < 1.29 is 14.0 Å². The summed E-state index contributed by atoms with van der Waals surface area (Å²) in [5, 5.41) is 2.23. The summed E-state index contributed by atoms with van der Waals surface area (Å²) < 4.78 is 5.20. The average Bonchev–Trinajstić information content (AvgIpc) is 3.23. The maximum atomic E-state index is 12.4. The number of rotatable bonds is 4. The van der Waals surface area contributed by atoms with Gasteiger partial charge in [0.1, 0.15) is 6.29 Å². The van der Waals surface area contributed by atoms with Crippen molar-refractivity contribution in [2.75, 3.05) is 26.2 Å². The fourth-order valence-electron chi connectivity index (χ4n) is 3.62. The summed E-state index contributed by atoms with van der Waals surface area (Å²) in [6.45, 7) is 2.46. The summed E-state index contributed by atoms with van der Waals surface area (Å²) in [6, 6.07) is 17.3. The fraction of sp³-hybridized carbons (Fsp3) is 0.238. The Labute approximate surface area is 151 Å². The lowest BCUT2D eigenvalue weighted by Gasteiger charge is -2.37. The minimum absolute atomic E-state index is 0.0949. The molecule has 1 atom stereocenters. The Bertz CT molecular complexity index is 907. The predicted octanol–water partition coefficient (Wildman–Crippen LogP) is 3.13. The molecule has 2 heterocycles. The van der Waals surface area contributed by atoms with Crippen LogP contribution in [0.2, 0.25) is 0 Å². The second-order valence-electron chi connectivity index (χ2n) is 6.45. The molecule has 1 aromatic heterocycles. The van der Waals surface area contributed by atoms with Gasteiger partial charge in [-0.3, -0.25) is 9.69 Å². The predicted molar refractivity (Wildman–Crippen MR) is 98.9 cm³/mol. The molecule has 26 heavy (non-hydrogen) atoms. The third-order valence-electron chi connectivity index (χ3n) is 5.00. The Morgan fingerprint density at radius 2 is 1.73 bits per heavy atom. The van der Waals surface area contributed by atoms with Crippen LogP contribution in [0.5, 0.6) is 0 Å². The Morgan fingerprint density at radius 3 is 2.46 bits per heavy atom. The van der Waals surface area contributed by atoms with Gasteiger partial charge in [0.25, 0.3) is 5.91 Å². The van der Waals surface area contributed by atoms with Gasteiger partial charge in [0, 0.05) is 26.2 Å². The SMILES string of the molecule is O=CC(c1cccc2ccccc12)N1CCN(C(=O)c2ccco2)CC1. The second kappa shape index (κ2) is 7.14. The minimum atomic E-state index is -0.304. The van der Waals surface area contributed by atoms with Crippen molar-refractivity contribution in [3.05, 3.63) is 72.2 Å². The maximum absolute atomic E-state index is 12.4. The van der Waals surface area contributed by atoms with Crippen molar-refractivity contribution in [1.29, 1.82) is 0 Å². The van der Waals surface area contributed by atoms with Crippen molar-refractivity contribution >= 4 is 23.0 Å². The minimum Gasteiger partial charge on any atom is -0.459 e. The van der Waals surface area contributed by atoms with E-state index in [-0.39, 0.29) is 11.9 Å². The molecular formula is C21H20N2O3. The zero-order valence-electron chi connectivity index (χ0n) is 14.4. The van der Waals surface area contributed by atoms with Crippen molar-refractivity contribution in [2.24, 2.45) is 0 Å². The molecule has 1 fully saturated rings. The lowest BCUT2D eigenvalue weighted by molar-refractivity contribution is -0.113. The van der Waals surface area contributed by atoms with Crippen LogP contribution in [0.25, 0.3) is 10.8 Å². The summed E-state index contributed by atoms with van der Waals surface area (Å²) in [5.74, 6) is 0.266. The topological polar surface area (TPSA) is 53.8 Å². The first-order chi connectivity index (χ1) is 12.8.